The Morgan fingerprint density at radius 3 is 2.96 bits per heavy atom. The lowest BCUT2D eigenvalue weighted by Gasteiger charge is -2.23. The number of hydrogen-bond donors (Lipinski definition) is 2. The van der Waals surface area contributed by atoms with Crippen LogP contribution in [-0.4, -0.2) is 38.6 Å². The van der Waals surface area contributed by atoms with Crippen molar-refractivity contribution in [3.8, 4) is 11.1 Å². The summed E-state index contributed by atoms with van der Waals surface area (Å²) >= 11 is 0. The van der Waals surface area contributed by atoms with E-state index in [0.29, 0.717) is 17.6 Å². The summed E-state index contributed by atoms with van der Waals surface area (Å²) in [5.41, 5.74) is 2.67. The van der Waals surface area contributed by atoms with Gasteiger partial charge in [-0.05, 0) is 38.3 Å². The largest absolute Gasteiger partial charge is 0.337 e. The van der Waals surface area contributed by atoms with Gasteiger partial charge in [0.2, 0.25) is 5.88 Å². The summed E-state index contributed by atoms with van der Waals surface area (Å²) < 4.78 is 7.05. The van der Waals surface area contributed by atoms with Gasteiger partial charge in [-0.25, -0.2) is 0 Å². The van der Waals surface area contributed by atoms with Crippen LogP contribution in [0.15, 0.2) is 41.1 Å². The molecule has 0 aliphatic carbocycles. The fourth-order valence-corrected chi connectivity index (χ4v) is 3.54. The summed E-state index contributed by atoms with van der Waals surface area (Å²) in [4.78, 5) is 12.6. The van der Waals surface area contributed by atoms with E-state index in [-0.39, 0.29) is 11.6 Å². The molecule has 146 valence electrons. The molecule has 3 heterocycles. The van der Waals surface area contributed by atoms with Crippen LogP contribution in [0, 0.1) is 6.92 Å². The third kappa shape index (κ3) is 4.12. The van der Waals surface area contributed by atoms with Gasteiger partial charge in [0.05, 0.1) is 17.5 Å². The molecule has 0 radical (unpaired) electrons. The number of aromatic nitrogens is 4. The Morgan fingerprint density at radius 1 is 1.32 bits per heavy atom. The number of amides is 1. The average molecular weight is 380 g/mol. The van der Waals surface area contributed by atoms with Crippen molar-refractivity contribution in [2.75, 3.05) is 11.9 Å². The van der Waals surface area contributed by atoms with Gasteiger partial charge >= 0.3 is 0 Å². The van der Waals surface area contributed by atoms with Crippen molar-refractivity contribution in [3.05, 3.63) is 47.9 Å². The van der Waals surface area contributed by atoms with E-state index < -0.39 is 0 Å². The molecule has 1 aromatic carbocycles. The first-order valence-electron chi connectivity index (χ1n) is 9.67. The summed E-state index contributed by atoms with van der Waals surface area (Å²) in [7, 11) is 0. The lowest BCUT2D eigenvalue weighted by Crippen LogP contribution is -2.34. The van der Waals surface area contributed by atoms with Crippen molar-refractivity contribution in [3.63, 3.8) is 0 Å². The Kier molecular flexibility index (Phi) is 5.48. The Hall–Kier alpha value is -3.00. The third-order valence-electron chi connectivity index (χ3n) is 5.04. The normalized spacial score (nSPS) is 16.8. The SMILES string of the molecule is Cc1noc(NC(=O)c2cn(CCC3CCCCN3)nn2)c1-c1ccccc1. The monoisotopic (exact) mass is 380 g/mol. The van der Waals surface area contributed by atoms with Gasteiger partial charge in [0.25, 0.3) is 5.91 Å². The van der Waals surface area contributed by atoms with Gasteiger partial charge in [0.15, 0.2) is 5.69 Å². The summed E-state index contributed by atoms with van der Waals surface area (Å²) in [6, 6.07) is 10.2. The Balaban J connectivity index is 1.41. The Bertz CT molecular complexity index is 927. The molecule has 1 fully saturated rings. The van der Waals surface area contributed by atoms with Gasteiger partial charge < -0.3 is 9.84 Å². The van der Waals surface area contributed by atoms with E-state index in [4.69, 9.17) is 4.52 Å². The lowest BCUT2D eigenvalue weighted by molar-refractivity contribution is 0.101. The van der Waals surface area contributed by atoms with E-state index in [0.717, 1.165) is 30.6 Å². The summed E-state index contributed by atoms with van der Waals surface area (Å²) in [5.74, 6) is -0.0509. The number of nitrogens with zero attached hydrogens (tertiary/aromatic N) is 4. The topological polar surface area (TPSA) is 97.9 Å². The van der Waals surface area contributed by atoms with Crippen LogP contribution < -0.4 is 10.6 Å². The first-order valence-corrected chi connectivity index (χ1v) is 9.67. The number of benzene rings is 1. The molecule has 2 N–H and O–H groups in total. The van der Waals surface area contributed by atoms with E-state index in [9.17, 15) is 4.79 Å². The zero-order chi connectivity index (χ0) is 19.3. The second kappa shape index (κ2) is 8.35. The zero-order valence-corrected chi connectivity index (χ0v) is 15.9. The molecule has 0 spiro atoms. The van der Waals surface area contributed by atoms with E-state index in [1.165, 1.54) is 19.3 Å². The molecular formula is C20H24N6O2. The minimum Gasteiger partial charge on any atom is -0.337 e. The highest BCUT2D eigenvalue weighted by Gasteiger charge is 2.20. The molecular weight excluding hydrogens is 356 g/mol. The summed E-state index contributed by atoms with van der Waals surface area (Å²) in [5, 5.41) is 18.4. The van der Waals surface area contributed by atoms with Crippen molar-refractivity contribution >= 4 is 11.8 Å². The number of carbonyl (C=O) groups is 1. The van der Waals surface area contributed by atoms with E-state index in [1.807, 2.05) is 37.3 Å². The molecule has 1 saturated heterocycles. The van der Waals surface area contributed by atoms with Crippen molar-refractivity contribution in [1.82, 2.24) is 25.5 Å². The van der Waals surface area contributed by atoms with Gasteiger partial charge in [0, 0.05) is 12.6 Å². The number of anilines is 1. The number of piperidine rings is 1. The fraction of sp³-hybridized carbons (Fsp3) is 0.400. The molecule has 8 heteroatoms. The second-order valence-electron chi connectivity index (χ2n) is 7.09. The molecule has 8 nitrogen and oxygen atoms in total. The number of hydrogen-bond acceptors (Lipinski definition) is 6. The number of aryl methyl sites for hydroxylation is 2. The van der Waals surface area contributed by atoms with E-state index in [1.54, 1.807) is 10.9 Å². The standard InChI is InChI=1S/C20H24N6O2/c1-14-18(15-7-3-2-4-8-15)20(28-24-14)22-19(27)17-13-26(25-23-17)12-10-16-9-5-6-11-21-16/h2-4,7-8,13,16,21H,5-6,9-12H2,1H3,(H,22,27). The Labute approximate surface area is 163 Å². The maximum Gasteiger partial charge on any atom is 0.280 e. The molecule has 1 amide bonds. The van der Waals surface area contributed by atoms with Crippen LogP contribution >= 0.6 is 0 Å². The summed E-state index contributed by atoms with van der Waals surface area (Å²) in [6.07, 6.45) is 6.35. The molecule has 0 bridgehead atoms. The highest BCUT2D eigenvalue weighted by molar-refractivity contribution is 6.03. The van der Waals surface area contributed by atoms with Crippen LogP contribution in [0.2, 0.25) is 0 Å². The zero-order valence-electron chi connectivity index (χ0n) is 15.9. The first-order chi connectivity index (χ1) is 13.7. The van der Waals surface area contributed by atoms with Gasteiger partial charge in [-0.2, -0.15) is 0 Å². The quantitative estimate of drug-likeness (QED) is 0.682. The number of nitrogens with one attached hydrogen (secondary N) is 2. The van der Waals surface area contributed by atoms with Crippen molar-refractivity contribution in [2.24, 2.45) is 0 Å². The van der Waals surface area contributed by atoms with Crippen LogP contribution in [0.5, 0.6) is 0 Å². The number of carbonyl (C=O) groups excluding carboxylic acids is 1. The first kappa shape index (κ1) is 18.4. The molecule has 1 aliphatic heterocycles. The van der Waals surface area contributed by atoms with Crippen LogP contribution in [0.3, 0.4) is 0 Å². The molecule has 1 atom stereocenters. The third-order valence-corrected chi connectivity index (χ3v) is 5.04. The predicted octanol–water partition coefficient (Wildman–Crippen LogP) is 3.03. The minimum atomic E-state index is -0.365. The van der Waals surface area contributed by atoms with Crippen LogP contribution in [-0.2, 0) is 6.54 Å². The highest BCUT2D eigenvalue weighted by Crippen LogP contribution is 2.31. The van der Waals surface area contributed by atoms with E-state index >= 15 is 0 Å². The second-order valence-corrected chi connectivity index (χ2v) is 7.09. The number of rotatable bonds is 6. The predicted molar refractivity (Wildman–Crippen MR) is 105 cm³/mol. The molecule has 2 aromatic heterocycles. The fourth-order valence-electron chi connectivity index (χ4n) is 3.54. The molecule has 3 aromatic rings. The molecule has 4 rings (SSSR count). The van der Waals surface area contributed by atoms with Crippen molar-refractivity contribution in [1.29, 1.82) is 0 Å². The van der Waals surface area contributed by atoms with Crippen LogP contribution in [0.1, 0.15) is 41.9 Å². The van der Waals surface area contributed by atoms with Crippen molar-refractivity contribution < 1.29 is 9.32 Å². The average Bonchev–Trinajstić information content (AvgIpc) is 3.35. The smallest absolute Gasteiger partial charge is 0.280 e. The van der Waals surface area contributed by atoms with Gasteiger partial charge in [-0.15, -0.1) is 5.10 Å². The van der Waals surface area contributed by atoms with Crippen LogP contribution in [0.25, 0.3) is 11.1 Å². The molecule has 1 aliphatic rings. The lowest BCUT2D eigenvalue weighted by atomic mass is 10.0. The maximum atomic E-state index is 12.6. The van der Waals surface area contributed by atoms with Gasteiger partial charge in [-0.3, -0.25) is 14.8 Å². The molecule has 0 saturated carbocycles. The van der Waals surface area contributed by atoms with Gasteiger partial charge in [0.1, 0.15) is 0 Å². The summed E-state index contributed by atoms with van der Waals surface area (Å²) in [6.45, 7) is 3.65. The molecule has 1 unspecified atom stereocenters. The maximum absolute atomic E-state index is 12.6. The van der Waals surface area contributed by atoms with E-state index in [2.05, 4.69) is 26.1 Å². The van der Waals surface area contributed by atoms with Crippen LogP contribution in [0.4, 0.5) is 5.88 Å². The van der Waals surface area contributed by atoms with Crippen molar-refractivity contribution in [2.45, 2.75) is 45.2 Å². The molecule has 28 heavy (non-hydrogen) atoms. The minimum absolute atomic E-state index is 0.254. The Morgan fingerprint density at radius 2 is 2.18 bits per heavy atom. The highest BCUT2D eigenvalue weighted by atomic mass is 16.5. The van der Waals surface area contributed by atoms with Gasteiger partial charge in [-0.1, -0.05) is 47.1 Å².